The number of aliphatic hydroxyl groups excluding tert-OH is 1. The van der Waals surface area contributed by atoms with E-state index in [0.717, 1.165) is 12.1 Å². The zero-order valence-electron chi connectivity index (χ0n) is 8.21. The molecule has 0 saturated carbocycles. The first-order valence-electron chi connectivity index (χ1n) is 3.83. The molecule has 0 aliphatic rings. The molecule has 0 unspecified atom stereocenters. The summed E-state index contributed by atoms with van der Waals surface area (Å²) in [6.07, 6.45) is 0. The van der Waals surface area contributed by atoms with Crippen LogP contribution in [0.25, 0.3) is 0 Å². The number of rotatable bonds is 4. The second-order valence-corrected chi connectivity index (χ2v) is 3.88. The van der Waals surface area contributed by atoms with Crippen molar-refractivity contribution in [3.8, 4) is 5.75 Å². The van der Waals surface area contributed by atoms with Crippen molar-refractivity contribution < 1.29 is 74.2 Å². The Morgan fingerprint density at radius 1 is 1.27 bits per heavy atom. The van der Waals surface area contributed by atoms with Gasteiger partial charge < -0.3 is 14.4 Å². The van der Waals surface area contributed by atoms with Gasteiger partial charge in [0, 0.05) is 0 Å². The summed E-state index contributed by atoms with van der Waals surface area (Å²) >= 11 is 0. The molecule has 5 nitrogen and oxygen atoms in total. The fourth-order valence-electron chi connectivity index (χ4n) is 0.866. The van der Waals surface area contributed by atoms with Crippen LogP contribution in [0.1, 0.15) is 0 Å². The van der Waals surface area contributed by atoms with Crippen LogP contribution in [0.5, 0.6) is 5.75 Å². The van der Waals surface area contributed by atoms with E-state index in [2.05, 4.69) is 0 Å². The third kappa shape index (κ3) is 5.41. The molecular weight excluding hydrogens is 247 g/mol. The van der Waals surface area contributed by atoms with Crippen LogP contribution in [-0.2, 0) is 10.1 Å². The number of hydrogen-bond donors (Lipinski definition) is 1. The predicted molar refractivity (Wildman–Crippen MR) is 47.0 cm³/mol. The number of aliphatic hydroxyl groups is 1. The van der Waals surface area contributed by atoms with Gasteiger partial charge in [-0.2, -0.15) is 0 Å². The maximum Gasteiger partial charge on any atom is 1.00 e. The summed E-state index contributed by atoms with van der Waals surface area (Å²) in [6.45, 7) is 0.00504. The summed E-state index contributed by atoms with van der Waals surface area (Å²) in [6, 6.07) is 5.05. The Balaban J connectivity index is 0.00000196. The first-order chi connectivity index (χ1) is 6.54. The Hall–Kier alpha value is 0.526. The summed E-state index contributed by atoms with van der Waals surface area (Å²) in [5.41, 5.74) is 0. The molecule has 0 radical (unpaired) electrons. The molecule has 0 fully saturated rings. The van der Waals surface area contributed by atoms with E-state index in [4.69, 9.17) is 9.84 Å². The van der Waals surface area contributed by atoms with E-state index in [1.807, 2.05) is 0 Å². The molecule has 0 atom stereocenters. The first kappa shape index (κ1) is 15.5. The van der Waals surface area contributed by atoms with Gasteiger partial charge in [0.25, 0.3) is 0 Å². The van der Waals surface area contributed by atoms with Crippen LogP contribution in [0.2, 0.25) is 0 Å². The van der Waals surface area contributed by atoms with Crippen LogP contribution in [0.4, 0.5) is 0 Å². The molecule has 0 saturated heterocycles. The fraction of sp³-hybridized carbons (Fsp3) is 0.250. The minimum Gasteiger partial charge on any atom is -0.744 e. The predicted octanol–water partition coefficient (Wildman–Crippen LogP) is -3.03. The van der Waals surface area contributed by atoms with Crippen molar-refractivity contribution in [2.45, 2.75) is 4.90 Å². The molecule has 0 bridgehead atoms. The van der Waals surface area contributed by atoms with Crippen LogP contribution in [0, 0.1) is 0 Å². The molecular formula is C8H9KO5S. The molecule has 15 heavy (non-hydrogen) atoms. The Bertz CT molecular complexity index is 386. The molecule has 1 aromatic carbocycles. The van der Waals surface area contributed by atoms with Gasteiger partial charge in [-0.25, -0.2) is 8.42 Å². The molecule has 1 N–H and O–H groups in total. The molecule has 7 heteroatoms. The van der Waals surface area contributed by atoms with Crippen LogP contribution < -0.4 is 56.1 Å². The van der Waals surface area contributed by atoms with Crippen molar-refractivity contribution in [1.29, 1.82) is 0 Å². The van der Waals surface area contributed by atoms with Crippen molar-refractivity contribution >= 4 is 10.1 Å². The van der Waals surface area contributed by atoms with E-state index in [0.29, 0.717) is 5.75 Å². The van der Waals surface area contributed by atoms with E-state index < -0.39 is 10.1 Å². The van der Waals surface area contributed by atoms with E-state index in [9.17, 15) is 13.0 Å². The molecule has 1 aromatic rings. The molecule has 0 aliphatic heterocycles. The summed E-state index contributed by atoms with van der Waals surface area (Å²) in [5.74, 6) is 0.409. The monoisotopic (exact) mass is 256 g/mol. The van der Waals surface area contributed by atoms with Crippen molar-refractivity contribution in [3.05, 3.63) is 24.3 Å². The molecule has 0 amide bonds. The molecule has 0 aromatic heterocycles. The Labute approximate surface area is 131 Å². The van der Waals surface area contributed by atoms with Crippen molar-refractivity contribution in [2.24, 2.45) is 0 Å². The summed E-state index contributed by atoms with van der Waals surface area (Å²) in [4.78, 5) is -0.297. The van der Waals surface area contributed by atoms with Gasteiger partial charge in [-0.15, -0.1) is 0 Å². The Kier molecular flexibility index (Phi) is 7.22. The average molecular weight is 256 g/mol. The average Bonchev–Trinajstić information content (AvgIpc) is 2.14. The zero-order chi connectivity index (χ0) is 10.6. The van der Waals surface area contributed by atoms with E-state index in [1.165, 1.54) is 12.1 Å². The molecule has 0 heterocycles. The van der Waals surface area contributed by atoms with Crippen molar-refractivity contribution in [1.82, 2.24) is 0 Å². The number of ether oxygens (including phenoxy) is 1. The van der Waals surface area contributed by atoms with Crippen LogP contribution in [0.3, 0.4) is 0 Å². The molecule has 1 rings (SSSR count). The summed E-state index contributed by atoms with van der Waals surface area (Å²) < 4.78 is 36.5. The zero-order valence-corrected chi connectivity index (χ0v) is 12.2. The van der Waals surface area contributed by atoms with Gasteiger partial charge in [0.1, 0.15) is 22.5 Å². The molecule has 0 aliphatic carbocycles. The van der Waals surface area contributed by atoms with E-state index in [1.54, 1.807) is 0 Å². The van der Waals surface area contributed by atoms with E-state index in [-0.39, 0.29) is 69.5 Å². The third-order valence-corrected chi connectivity index (χ3v) is 2.32. The van der Waals surface area contributed by atoms with E-state index >= 15 is 0 Å². The van der Waals surface area contributed by atoms with Crippen LogP contribution in [0.15, 0.2) is 29.2 Å². The quantitative estimate of drug-likeness (QED) is 0.457. The first-order valence-corrected chi connectivity index (χ1v) is 5.24. The minimum absolute atomic E-state index is 0. The molecule has 0 spiro atoms. The Morgan fingerprint density at radius 2 is 1.80 bits per heavy atom. The number of benzene rings is 1. The van der Waals surface area contributed by atoms with Gasteiger partial charge in [0.2, 0.25) is 0 Å². The Morgan fingerprint density at radius 3 is 2.20 bits per heavy atom. The smallest absolute Gasteiger partial charge is 0.744 e. The SMILES string of the molecule is O=S(=O)([O-])c1ccc(OCCO)cc1.[K+]. The third-order valence-electron chi connectivity index (χ3n) is 1.47. The second kappa shape index (κ2) is 6.97. The van der Waals surface area contributed by atoms with Gasteiger partial charge in [0.15, 0.2) is 0 Å². The fourth-order valence-corrected chi connectivity index (χ4v) is 1.34. The van der Waals surface area contributed by atoms with Crippen molar-refractivity contribution in [2.75, 3.05) is 13.2 Å². The van der Waals surface area contributed by atoms with Gasteiger partial charge >= 0.3 is 51.4 Å². The summed E-state index contributed by atoms with van der Waals surface area (Å²) in [5, 5.41) is 8.44. The van der Waals surface area contributed by atoms with Gasteiger partial charge in [-0.3, -0.25) is 0 Å². The maximum atomic E-state index is 10.5. The standard InChI is InChI=1S/C8H10O5S.K/c9-5-6-13-7-1-3-8(4-2-7)14(10,11)12;/h1-4,9H,5-6H2,(H,10,11,12);/q;+1/p-1. The van der Waals surface area contributed by atoms with Crippen LogP contribution in [-0.4, -0.2) is 31.3 Å². The number of hydrogen-bond acceptors (Lipinski definition) is 5. The second-order valence-electron chi connectivity index (χ2n) is 2.50. The topological polar surface area (TPSA) is 86.7 Å². The van der Waals surface area contributed by atoms with Crippen LogP contribution >= 0.6 is 0 Å². The molecule has 78 valence electrons. The summed E-state index contributed by atoms with van der Waals surface area (Å²) in [7, 11) is -4.40. The van der Waals surface area contributed by atoms with Gasteiger partial charge in [-0.05, 0) is 24.3 Å². The van der Waals surface area contributed by atoms with Crippen molar-refractivity contribution in [3.63, 3.8) is 0 Å². The maximum absolute atomic E-state index is 10.5. The normalized spacial score (nSPS) is 10.5. The minimum atomic E-state index is -4.40. The van der Waals surface area contributed by atoms with Gasteiger partial charge in [-0.1, -0.05) is 0 Å². The van der Waals surface area contributed by atoms with Gasteiger partial charge in [0.05, 0.1) is 11.5 Å². The largest absolute Gasteiger partial charge is 1.00 e.